The molecule has 21 heavy (non-hydrogen) atoms. The first-order valence-corrected chi connectivity index (χ1v) is 6.53. The van der Waals surface area contributed by atoms with Crippen LogP contribution in [0.4, 0.5) is 4.39 Å². The van der Waals surface area contributed by atoms with Gasteiger partial charge in [0.05, 0.1) is 25.7 Å². The number of carboxylic acids is 1. The molecule has 1 N–H and O–H groups in total. The minimum Gasteiger partial charge on any atom is -0.484 e. The van der Waals surface area contributed by atoms with E-state index >= 15 is 0 Å². The molecule has 7 heteroatoms. The molecule has 6 nitrogen and oxygen atoms in total. The first-order chi connectivity index (χ1) is 10.1. The van der Waals surface area contributed by atoms with Gasteiger partial charge in [-0.3, -0.25) is 9.59 Å². The lowest BCUT2D eigenvalue weighted by Gasteiger charge is -2.34. The molecule has 0 aliphatic carbocycles. The number of carbonyl (C=O) groups excluding carboxylic acids is 1. The van der Waals surface area contributed by atoms with Gasteiger partial charge in [-0.15, -0.1) is 0 Å². The Hall–Kier alpha value is -2.15. The number of benzene rings is 1. The Morgan fingerprint density at radius 2 is 2.29 bits per heavy atom. The summed E-state index contributed by atoms with van der Waals surface area (Å²) in [7, 11) is 0. The van der Waals surface area contributed by atoms with Gasteiger partial charge >= 0.3 is 5.97 Å². The number of ether oxygens (including phenoxy) is 2. The third-order valence-electron chi connectivity index (χ3n) is 3.12. The minimum absolute atomic E-state index is 0.175. The van der Waals surface area contributed by atoms with Crippen LogP contribution in [0.3, 0.4) is 0 Å². The Balaban J connectivity index is 1.92. The van der Waals surface area contributed by atoms with E-state index < -0.39 is 17.8 Å². The SMILES string of the molecule is O=C(O)CC1COCCN1C(=O)COc1cccc(F)c1. The van der Waals surface area contributed by atoms with Crippen LogP contribution in [-0.2, 0) is 14.3 Å². The largest absolute Gasteiger partial charge is 0.484 e. The van der Waals surface area contributed by atoms with Gasteiger partial charge in [-0.05, 0) is 12.1 Å². The van der Waals surface area contributed by atoms with Crippen molar-refractivity contribution in [3.05, 3.63) is 30.1 Å². The number of halogens is 1. The molecule has 0 radical (unpaired) electrons. The minimum atomic E-state index is -0.991. The Bertz CT molecular complexity index is 522. The standard InChI is InChI=1S/C14H16FNO5/c15-10-2-1-3-12(6-10)21-9-13(17)16-4-5-20-8-11(16)7-14(18)19/h1-3,6,11H,4-5,7-9H2,(H,18,19). The highest BCUT2D eigenvalue weighted by Gasteiger charge is 2.29. The van der Waals surface area contributed by atoms with Gasteiger partial charge in [0.2, 0.25) is 0 Å². The van der Waals surface area contributed by atoms with E-state index in [2.05, 4.69) is 0 Å². The van der Waals surface area contributed by atoms with E-state index in [4.69, 9.17) is 14.6 Å². The Morgan fingerprint density at radius 1 is 1.48 bits per heavy atom. The molecule has 0 bridgehead atoms. The zero-order valence-electron chi connectivity index (χ0n) is 11.3. The summed E-state index contributed by atoms with van der Waals surface area (Å²) in [5.74, 6) is -1.52. The van der Waals surface area contributed by atoms with Crippen molar-refractivity contribution in [2.45, 2.75) is 12.5 Å². The zero-order valence-corrected chi connectivity index (χ0v) is 11.3. The van der Waals surface area contributed by atoms with Crippen LogP contribution in [0, 0.1) is 5.82 Å². The predicted octanol–water partition coefficient (Wildman–Crippen LogP) is 0.907. The van der Waals surface area contributed by atoms with Crippen molar-refractivity contribution < 1.29 is 28.6 Å². The Labute approximate surface area is 121 Å². The molecule has 0 saturated carbocycles. The number of carboxylic acid groups (broad SMARTS) is 1. The summed E-state index contributed by atoms with van der Waals surface area (Å²) in [6, 6.07) is 4.99. The summed E-state index contributed by atoms with van der Waals surface area (Å²) < 4.78 is 23.4. The highest BCUT2D eigenvalue weighted by molar-refractivity contribution is 5.79. The van der Waals surface area contributed by atoms with Crippen molar-refractivity contribution in [1.82, 2.24) is 4.90 Å². The average Bonchev–Trinajstić information content (AvgIpc) is 2.45. The van der Waals surface area contributed by atoms with Crippen LogP contribution in [0.5, 0.6) is 5.75 Å². The van der Waals surface area contributed by atoms with E-state index in [-0.39, 0.29) is 31.3 Å². The number of amides is 1. The summed E-state index contributed by atoms with van der Waals surface area (Å²) in [6.07, 6.45) is -0.175. The van der Waals surface area contributed by atoms with Crippen molar-refractivity contribution in [1.29, 1.82) is 0 Å². The molecule has 1 fully saturated rings. The molecule has 1 unspecified atom stereocenters. The molecule has 1 aliphatic rings. The van der Waals surface area contributed by atoms with Crippen molar-refractivity contribution in [2.75, 3.05) is 26.4 Å². The predicted molar refractivity (Wildman–Crippen MR) is 70.5 cm³/mol. The van der Waals surface area contributed by atoms with Crippen LogP contribution in [0.15, 0.2) is 24.3 Å². The molecular formula is C14H16FNO5. The van der Waals surface area contributed by atoms with Crippen LogP contribution in [-0.4, -0.2) is 54.3 Å². The van der Waals surface area contributed by atoms with Gasteiger partial charge in [0, 0.05) is 12.6 Å². The normalized spacial score (nSPS) is 18.3. The van der Waals surface area contributed by atoms with E-state index in [1.54, 1.807) is 6.07 Å². The van der Waals surface area contributed by atoms with E-state index in [0.717, 1.165) is 0 Å². The van der Waals surface area contributed by atoms with Crippen LogP contribution < -0.4 is 4.74 Å². The Morgan fingerprint density at radius 3 is 3.00 bits per heavy atom. The van der Waals surface area contributed by atoms with E-state index in [0.29, 0.717) is 13.2 Å². The quantitative estimate of drug-likeness (QED) is 0.874. The fourth-order valence-electron chi connectivity index (χ4n) is 2.14. The molecule has 1 aliphatic heterocycles. The lowest BCUT2D eigenvalue weighted by Crippen LogP contribution is -2.51. The van der Waals surface area contributed by atoms with Gasteiger partial charge in [-0.1, -0.05) is 6.07 Å². The van der Waals surface area contributed by atoms with E-state index in [1.807, 2.05) is 0 Å². The second-order valence-corrected chi connectivity index (χ2v) is 4.66. The van der Waals surface area contributed by atoms with Crippen molar-refractivity contribution in [3.8, 4) is 5.75 Å². The number of nitrogens with zero attached hydrogens (tertiary/aromatic N) is 1. The second-order valence-electron chi connectivity index (χ2n) is 4.66. The number of hydrogen-bond acceptors (Lipinski definition) is 4. The summed E-state index contributed by atoms with van der Waals surface area (Å²) in [6.45, 7) is 0.614. The molecular weight excluding hydrogens is 281 g/mol. The van der Waals surface area contributed by atoms with Crippen LogP contribution in [0.25, 0.3) is 0 Å². The molecule has 1 aromatic carbocycles. The maximum absolute atomic E-state index is 13.0. The highest BCUT2D eigenvalue weighted by atomic mass is 19.1. The maximum atomic E-state index is 13.0. The highest BCUT2D eigenvalue weighted by Crippen LogP contribution is 2.14. The molecule has 2 rings (SSSR count). The number of aliphatic carboxylic acids is 1. The smallest absolute Gasteiger partial charge is 0.305 e. The summed E-state index contributed by atoms with van der Waals surface area (Å²) in [5.41, 5.74) is 0. The van der Waals surface area contributed by atoms with Crippen LogP contribution >= 0.6 is 0 Å². The van der Waals surface area contributed by atoms with E-state index in [1.165, 1.54) is 23.1 Å². The topological polar surface area (TPSA) is 76.1 Å². The van der Waals surface area contributed by atoms with Gasteiger partial charge in [-0.25, -0.2) is 4.39 Å². The number of carbonyl (C=O) groups is 2. The van der Waals surface area contributed by atoms with Gasteiger partial charge in [0.1, 0.15) is 11.6 Å². The van der Waals surface area contributed by atoms with Gasteiger partial charge < -0.3 is 19.5 Å². The molecule has 0 aromatic heterocycles. The molecule has 1 amide bonds. The second kappa shape index (κ2) is 7.03. The molecule has 1 aromatic rings. The fraction of sp³-hybridized carbons (Fsp3) is 0.429. The Kier molecular flexibility index (Phi) is 5.10. The van der Waals surface area contributed by atoms with Crippen molar-refractivity contribution in [2.24, 2.45) is 0 Å². The molecule has 1 saturated heterocycles. The third kappa shape index (κ3) is 4.42. The average molecular weight is 297 g/mol. The van der Waals surface area contributed by atoms with Crippen molar-refractivity contribution >= 4 is 11.9 Å². The van der Waals surface area contributed by atoms with Gasteiger partial charge in [0.15, 0.2) is 6.61 Å². The van der Waals surface area contributed by atoms with Gasteiger partial charge in [-0.2, -0.15) is 0 Å². The van der Waals surface area contributed by atoms with E-state index in [9.17, 15) is 14.0 Å². The fourth-order valence-corrected chi connectivity index (χ4v) is 2.14. The number of rotatable bonds is 5. The number of hydrogen-bond donors (Lipinski definition) is 1. The third-order valence-corrected chi connectivity index (χ3v) is 3.12. The molecule has 114 valence electrons. The molecule has 1 heterocycles. The van der Waals surface area contributed by atoms with Crippen LogP contribution in [0.2, 0.25) is 0 Å². The monoisotopic (exact) mass is 297 g/mol. The number of morpholine rings is 1. The molecule has 0 spiro atoms. The molecule has 1 atom stereocenters. The van der Waals surface area contributed by atoms with Gasteiger partial charge in [0.25, 0.3) is 5.91 Å². The lowest BCUT2D eigenvalue weighted by molar-refractivity contribution is -0.147. The first kappa shape index (κ1) is 15.2. The summed E-state index contributed by atoms with van der Waals surface area (Å²) >= 11 is 0. The van der Waals surface area contributed by atoms with Crippen molar-refractivity contribution in [3.63, 3.8) is 0 Å². The zero-order chi connectivity index (χ0) is 15.2. The summed E-state index contributed by atoms with van der Waals surface area (Å²) in [4.78, 5) is 24.3. The van der Waals surface area contributed by atoms with Crippen LogP contribution in [0.1, 0.15) is 6.42 Å². The first-order valence-electron chi connectivity index (χ1n) is 6.53. The lowest BCUT2D eigenvalue weighted by atomic mass is 10.1. The maximum Gasteiger partial charge on any atom is 0.305 e. The summed E-state index contributed by atoms with van der Waals surface area (Å²) in [5, 5.41) is 8.84.